The van der Waals surface area contributed by atoms with Crippen LogP contribution in [-0.2, 0) is 0 Å². The molecule has 0 aliphatic rings. The number of nitrogen functional groups attached to an aromatic ring is 1. The van der Waals surface area contributed by atoms with Crippen molar-refractivity contribution in [2.24, 2.45) is 0 Å². The normalized spacial score (nSPS) is 10.5. The largest absolute Gasteiger partial charge is 0.398 e. The van der Waals surface area contributed by atoms with E-state index in [1.165, 1.54) is 0 Å². The fourth-order valence-corrected chi connectivity index (χ4v) is 1.41. The maximum Gasteiger partial charge on any atom is 0.272 e. The van der Waals surface area contributed by atoms with Crippen LogP contribution in [0.5, 0.6) is 0 Å². The Morgan fingerprint density at radius 1 is 1.46 bits per heavy atom. The molecule has 2 rings (SSSR count). The average Bonchev–Trinajstić information content (AvgIpc) is 2.12. The zero-order chi connectivity index (χ0) is 9.42. The lowest BCUT2D eigenvalue weighted by Gasteiger charge is -2.02. The molecule has 3 N–H and O–H groups in total. The number of aromatic nitrogens is 2. The fraction of sp³-hybridized carbons (Fsp3) is 0.111. The topological polar surface area (TPSA) is 71.8 Å². The number of benzene rings is 1. The van der Waals surface area contributed by atoms with Crippen LogP contribution in [-0.4, -0.2) is 10.2 Å². The van der Waals surface area contributed by atoms with E-state index in [4.69, 9.17) is 5.73 Å². The minimum Gasteiger partial charge on any atom is -0.398 e. The first kappa shape index (κ1) is 7.79. The van der Waals surface area contributed by atoms with Crippen LogP contribution in [0.25, 0.3) is 10.8 Å². The second-order valence-electron chi connectivity index (χ2n) is 2.91. The Hall–Kier alpha value is -1.84. The Kier molecular flexibility index (Phi) is 1.55. The lowest BCUT2D eigenvalue weighted by Crippen LogP contribution is -2.10. The molecule has 1 aromatic carbocycles. The fourth-order valence-electron chi connectivity index (χ4n) is 1.41. The van der Waals surface area contributed by atoms with E-state index in [1.807, 2.05) is 6.92 Å². The number of rotatable bonds is 0. The molecule has 4 heteroatoms. The van der Waals surface area contributed by atoms with Crippen molar-refractivity contribution in [3.63, 3.8) is 0 Å². The van der Waals surface area contributed by atoms with E-state index in [9.17, 15) is 4.79 Å². The summed E-state index contributed by atoms with van der Waals surface area (Å²) in [7, 11) is 0. The van der Waals surface area contributed by atoms with E-state index in [1.54, 1.807) is 18.2 Å². The van der Waals surface area contributed by atoms with Crippen LogP contribution >= 0.6 is 0 Å². The standard InChI is InChI=1S/C9H9N3O/c1-5-8-6(9(13)12-11-5)3-2-4-7(8)10/h2-4H,10H2,1H3,(H,12,13). The second kappa shape index (κ2) is 2.58. The smallest absolute Gasteiger partial charge is 0.272 e. The number of nitrogens with one attached hydrogen (secondary N) is 1. The summed E-state index contributed by atoms with van der Waals surface area (Å²) in [6.07, 6.45) is 0. The molecule has 2 aromatic rings. The maximum absolute atomic E-state index is 11.3. The maximum atomic E-state index is 11.3. The molecule has 0 atom stereocenters. The Labute approximate surface area is 74.4 Å². The van der Waals surface area contributed by atoms with E-state index in [-0.39, 0.29) is 5.56 Å². The Morgan fingerprint density at radius 3 is 2.92 bits per heavy atom. The number of hydrogen-bond acceptors (Lipinski definition) is 3. The van der Waals surface area contributed by atoms with Crippen LogP contribution in [0.2, 0.25) is 0 Å². The molecule has 66 valence electrons. The highest BCUT2D eigenvalue weighted by molar-refractivity contribution is 5.93. The van der Waals surface area contributed by atoms with Crippen LogP contribution in [0.1, 0.15) is 5.69 Å². The number of anilines is 1. The van der Waals surface area contributed by atoms with Crippen LogP contribution < -0.4 is 11.3 Å². The quantitative estimate of drug-likeness (QED) is 0.582. The first-order valence-electron chi connectivity index (χ1n) is 3.93. The number of H-pyrrole nitrogens is 1. The molecule has 0 aliphatic heterocycles. The molecule has 4 nitrogen and oxygen atoms in total. The van der Waals surface area contributed by atoms with Crippen molar-refractivity contribution in [1.82, 2.24) is 10.2 Å². The lowest BCUT2D eigenvalue weighted by molar-refractivity contribution is 0.971. The highest BCUT2D eigenvalue weighted by Crippen LogP contribution is 2.18. The summed E-state index contributed by atoms with van der Waals surface area (Å²) in [4.78, 5) is 11.3. The summed E-state index contributed by atoms with van der Waals surface area (Å²) in [5, 5.41) is 7.59. The predicted molar refractivity (Wildman–Crippen MR) is 51.5 cm³/mol. The van der Waals surface area contributed by atoms with Gasteiger partial charge in [0.15, 0.2) is 0 Å². The van der Waals surface area contributed by atoms with Crippen molar-refractivity contribution in [3.05, 3.63) is 34.2 Å². The molecule has 0 saturated heterocycles. The summed E-state index contributed by atoms with van der Waals surface area (Å²) in [5.74, 6) is 0. The average molecular weight is 175 g/mol. The zero-order valence-electron chi connectivity index (χ0n) is 7.16. The van der Waals surface area contributed by atoms with Gasteiger partial charge in [-0.15, -0.1) is 0 Å². The number of aryl methyl sites for hydroxylation is 1. The van der Waals surface area contributed by atoms with Gasteiger partial charge in [-0.25, -0.2) is 5.10 Å². The molecule has 0 amide bonds. The minimum absolute atomic E-state index is 0.201. The van der Waals surface area contributed by atoms with Crippen molar-refractivity contribution in [3.8, 4) is 0 Å². The van der Waals surface area contributed by atoms with Gasteiger partial charge in [-0.3, -0.25) is 4.79 Å². The molecule has 0 aliphatic carbocycles. The van der Waals surface area contributed by atoms with Crippen molar-refractivity contribution < 1.29 is 0 Å². The molecule has 1 heterocycles. The third-order valence-corrected chi connectivity index (χ3v) is 2.03. The first-order valence-corrected chi connectivity index (χ1v) is 3.93. The molecular formula is C9H9N3O. The van der Waals surface area contributed by atoms with E-state index >= 15 is 0 Å². The van der Waals surface area contributed by atoms with Gasteiger partial charge in [-0.05, 0) is 19.1 Å². The SMILES string of the molecule is Cc1n[nH]c(=O)c2cccc(N)c12. The van der Waals surface area contributed by atoms with Gasteiger partial charge in [0.05, 0.1) is 11.1 Å². The van der Waals surface area contributed by atoms with E-state index < -0.39 is 0 Å². The molecule has 0 bridgehead atoms. The number of nitrogens with two attached hydrogens (primary N) is 1. The highest BCUT2D eigenvalue weighted by atomic mass is 16.1. The van der Waals surface area contributed by atoms with Gasteiger partial charge in [0.25, 0.3) is 5.56 Å². The van der Waals surface area contributed by atoms with Crippen LogP contribution in [0.4, 0.5) is 5.69 Å². The monoisotopic (exact) mass is 175 g/mol. The van der Waals surface area contributed by atoms with Crippen LogP contribution in [0.3, 0.4) is 0 Å². The molecular weight excluding hydrogens is 166 g/mol. The highest BCUT2D eigenvalue weighted by Gasteiger charge is 2.04. The van der Waals surface area contributed by atoms with E-state index in [0.29, 0.717) is 11.1 Å². The summed E-state index contributed by atoms with van der Waals surface area (Å²) in [6, 6.07) is 5.25. The van der Waals surface area contributed by atoms with Crippen molar-refractivity contribution in [1.29, 1.82) is 0 Å². The minimum atomic E-state index is -0.201. The third-order valence-electron chi connectivity index (χ3n) is 2.03. The van der Waals surface area contributed by atoms with Gasteiger partial charge in [0.2, 0.25) is 0 Å². The first-order chi connectivity index (χ1) is 6.20. The van der Waals surface area contributed by atoms with Crippen molar-refractivity contribution in [2.75, 3.05) is 5.73 Å². The third kappa shape index (κ3) is 1.07. The van der Waals surface area contributed by atoms with Gasteiger partial charge in [0.1, 0.15) is 0 Å². The second-order valence-corrected chi connectivity index (χ2v) is 2.91. The number of fused-ring (bicyclic) bond motifs is 1. The van der Waals surface area contributed by atoms with E-state index in [0.717, 1.165) is 11.1 Å². The molecule has 0 saturated carbocycles. The van der Waals surface area contributed by atoms with Crippen molar-refractivity contribution >= 4 is 16.5 Å². The zero-order valence-corrected chi connectivity index (χ0v) is 7.16. The Bertz CT molecular complexity index is 507. The van der Waals surface area contributed by atoms with E-state index in [2.05, 4.69) is 10.2 Å². The van der Waals surface area contributed by atoms with Gasteiger partial charge >= 0.3 is 0 Å². The van der Waals surface area contributed by atoms with Crippen molar-refractivity contribution in [2.45, 2.75) is 6.92 Å². The van der Waals surface area contributed by atoms with Gasteiger partial charge < -0.3 is 5.73 Å². The molecule has 0 unspecified atom stereocenters. The molecule has 0 fully saturated rings. The molecule has 1 aromatic heterocycles. The number of aromatic amines is 1. The van der Waals surface area contributed by atoms with Crippen LogP contribution in [0, 0.1) is 6.92 Å². The molecule has 13 heavy (non-hydrogen) atoms. The summed E-state index contributed by atoms with van der Waals surface area (Å²) >= 11 is 0. The Morgan fingerprint density at radius 2 is 2.23 bits per heavy atom. The number of hydrogen-bond donors (Lipinski definition) is 2. The van der Waals surface area contributed by atoms with Gasteiger partial charge in [0, 0.05) is 11.1 Å². The summed E-state index contributed by atoms with van der Waals surface area (Å²) in [5.41, 5.74) is 6.87. The van der Waals surface area contributed by atoms with Crippen LogP contribution in [0.15, 0.2) is 23.0 Å². The summed E-state index contributed by atoms with van der Waals surface area (Å²) < 4.78 is 0. The molecule has 0 radical (unpaired) electrons. The molecule has 0 spiro atoms. The van der Waals surface area contributed by atoms with Gasteiger partial charge in [-0.2, -0.15) is 5.10 Å². The predicted octanol–water partition coefficient (Wildman–Crippen LogP) is 0.814. The van der Waals surface area contributed by atoms with Gasteiger partial charge in [-0.1, -0.05) is 6.07 Å². The lowest BCUT2D eigenvalue weighted by atomic mass is 10.1. The number of nitrogens with zero attached hydrogens (tertiary/aromatic N) is 1. The summed E-state index contributed by atoms with van der Waals surface area (Å²) in [6.45, 7) is 1.81. The Balaban J connectivity index is 3.09.